The monoisotopic (exact) mass is 383 g/mol. The molecule has 4 rings (SSSR count). The van der Waals surface area contributed by atoms with Gasteiger partial charge in [-0.15, -0.1) is 0 Å². The minimum Gasteiger partial charge on any atom is -0.369 e. The largest absolute Gasteiger partial charge is 0.369 e. The lowest BCUT2D eigenvalue weighted by Gasteiger charge is -2.37. The number of piperazine rings is 1. The summed E-state index contributed by atoms with van der Waals surface area (Å²) in [7, 11) is 2.24. The molecule has 2 saturated heterocycles. The molecule has 1 aromatic heterocycles. The van der Waals surface area contributed by atoms with Gasteiger partial charge in [0.2, 0.25) is 11.7 Å². The third-order valence-electron chi connectivity index (χ3n) is 6.33. The maximum absolute atomic E-state index is 5.22. The van der Waals surface area contributed by atoms with Crippen molar-refractivity contribution in [3.8, 4) is 11.4 Å². The highest BCUT2D eigenvalue weighted by Gasteiger charge is 2.21. The molecule has 0 unspecified atom stereocenters. The molecule has 0 aliphatic carbocycles. The van der Waals surface area contributed by atoms with Crippen LogP contribution in [0, 0.1) is 5.92 Å². The first-order chi connectivity index (χ1) is 13.7. The van der Waals surface area contributed by atoms with Crippen LogP contribution in [0.25, 0.3) is 11.4 Å². The first-order valence-corrected chi connectivity index (χ1v) is 10.8. The fourth-order valence-electron chi connectivity index (χ4n) is 4.28. The fourth-order valence-corrected chi connectivity index (χ4v) is 4.28. The van der Waals surface area contributed by atoms with Crippen molar-refractivity contribution in [2.75, 3.05) is 57.8 Å². The molecule has 0 saturated carbocycles. The van der Waals surface area contributed by atoms with E-state index in [2.05, 4.69) is 56.2 Å². The zero-order chi connectivity index (χ0) is 19.3. The van der Waals surface area contributed by atoms with E-state index in [4.69, 9.17) is 4.52 Å². The van der Waals surface area contributed by atoms with Crippen molar-refractivity contribution in [2.24, 2.45) is 5.92 Å². The third kappa shape index (κ3) is 4.73. The third-order valence-corrected chi connectivity index (χ3v) is 6.33. The van der Waals surface area contributed by atoms with Crippen LogP contribution in [-0.4, -0.2) is 72.8 Å². The van der Waals surface area contributed by atoms with Crippen LogP contribution in [0.15, 0.2) is 28.8 Å². The molecule has 0 bridgehead atoms. The second-order valence-electron chi connectivity index (χ2n) is 8.28. The van der Waals surface area contributed by atoms with Crippen LogP contribution in [0.1, 0.15) is 32.1 Å². The molecule has 2 fully saturated rings. The summed E-state index contributed by atoms with van der Waals surface area (Å²) in [6, 6.07) is 8.58. The Hall–Kier alpha value is -1.92. The zero-order valence-electron chi connectivity index (χ0n) is 17.3. The number of hydrogen-bond donors (Lipinski definition) is 0. The Labute approximate surface area is 168 Å². The van der Waals surface area contributed by atoms with Crippen LogP contribution in [0.3, 0.4) is 0 Å². The summed E-state index contributed by atoms with van der Waals surface area (Å²) in [4.78, 5) is 12.0. The summed E-state index contributed by atoms with van der Waals surface area (Å²) in [6.45, 7) is 10.4. The van der Waals surface area contributed by atoms with E-state index in [1.165, 1.54) is 57.7 Å². The van der Waals surface area contributed by atoms with Gasteiger partial charge >= 0.3 is 0 Å². The molecule has 2 aromatic rings. The minimum absolute atomic E-state index is 0.683. The zero-order valence-corrected chi connectivity index (χ0v) is 17.3. The lowest BCUT2D eigenvalue weighted by Crippen LogP contribution is -2.47. The van der Waals surface area contributed by atoms with Gasteiger partial charge in [0.15, 0.2) is 0 Å². The molecule has 0 amide bonds. The van der Waals surface area contributed by atoms with Gasteiger partial charge in [-0.05, 0) is 76.1 Å². The molecule has 3 heterocycles. The van der Waals surface area contributed by atoms with Crippen molar-refractivity contribution in [3.05, 3.63) is 30.2 Å². The van der Waals surface area contributed by atoms with E-state index in [9.17, 15) is 0 Å². The fraction of sp³-hybridized carbons (Fsp3) is 0.636. The van der Waals surface area contributed by atoms with Crippen LogP contribution < -0.4 is 4.90 Å². The Morgan fingerprint density at radius 1 is 1.00 bits per heavy atom. The smallest absolute Gasteiger partial charge is 0.226 e. The van der Waals surface area contributed by atoms with Crippen molar-refractivity contribution in [3.63, 3.8) is 0 Å². The normalized spacial score (nSPS) is 20.0. The number of likely N-dealkylation sites (tertiary alicyclic amines) is 1. The second kappa shape index (κ2) is 9.05. The summed E-state index contributed by atoms with van der Waals surface area (Å²) in [5.41, 5.74) is 2.31. The van der Waals surface area contributed by atoms with Crippen molar-refractivity contribution >= 4 is 5.69 Å². The van der Waals surface area contributed by atoms with Crippen LogP contribution in [-0.2, 0) is 6.42 Å². The Morgan fingerprint density at radius 2 is 1.71 bits per heavy atom. The van der Waals surface area contributed by atoms with E-state index in [0.717, 1.165) is 31.0 Å². The predicted molar refractivity (Wildman–Crippen MR) is 113 cm³/mol. The molecule has 0 radical (unpaired) electrons. The summed E-state index contributed by atoms with van der Waals surface area (Å²) < 4.78 is 5.22. The molecule has 0 N–H and O–H groups in total. The molecular weight excluding hydrogens is 350 g/mol. The van der Waals surface area contributed by atoms with Crippen LogP contribution in [0.2, 0.25) is 0 Å². The quantitative estimate of drug-likeness (QED) is 0.764. The summed E-state index contributed by atoms with van der Waals surface area (Å²) in [5, 5.41) is 4.06. The standard InChI is InChI=1S/C22H33N5O/c1-3-21-23-22(24-28-21)19-4-6-20(7-5-19)27-16-14-26(15-17-27)13-10-18-8-11-25(2)12-9-18/h4-7,18H,3,8-17H2,1-2H3. The molecule has 1 aromatic carbocycles. The Morgan fingerprint density at radius 3 is 2.36 bits per heavy atom. The Balaban J connectivity index is 1.24. The summed E-state index contributed by atoms with van der Waals surface area (Å²) in [5.74, 6) is 2.30. The van der Waals surface area contributed by atoms with Crippen molar-refractivity contribution in [1.29, 1.82) is 0 Å². The molecule has 0 spiro atoms. The number of aromatic nitrogens is 2. The van der Waals surface area contributed by atoms with Gasteiger partial charge in [-0.3, -0.25) is 4.90 Å². The van der Waals surface area contributed by atoms with Crippen LogP contribution >= 0.6 is 0 Å². The number of piperidine rings is 1. The lowest BCUT2D eigenvalue weighted by molar-refractivity contribution is 0.182. The van der Waals surface area contributed by atoms with Gasteiger partial charge in [0.1, 0.15) is 0 Å². The highest BCUT2D eigenvalue weighted by Crippen LogP contribution is 2.23. The van der Waals surface area contributed by atoms with Gasteiger partial charge < -0.3 is 14.3 Å². The maximum Gasteiger partial charge on any atom is 0.226 e. The molecular formula is C22H33N5O. The molecule has 28 heavy (non-hydrogen) atoms. The average Bonchev–Trinajstić information content (AvgIpc) is 3.23. The van der Waals surface area contributed by atoms with E-state index in [1.54, 1.807) is 0 Å². The van der Waals surface area contributed by atoms with Gasteiger partial charge in [-0.1, -0.05) is 12.1 Å². The van der Waals surface area contributed by atoms with Crippen molar-refractivity contribution in [2.45, 2.75) is 32.6 Å². The highest BCUT2D eigenvalue weighted by atomic mass is 16.5. The predicted octanol–water partition coefficient (Wildman–Crippen LogP) is 3.15. The van der Waals surface area contributed by atoms with Gasteiger partial charge in [0.05, 0.1) is 0 Å². The van der Waals surface area contributed by atoms with Gasteiger partial charge in [0, 0.05) is 43.9 Å². The molecule has 6 nitrogen and oxygen atoms in total. The highest BCUT2D eigenvalue weighted by molar-refractivity contribution is 5.60. The number of anilines is 1. The number of hydrogen-bond acceptors (Lipinski definition) is 6. The number of rotatable bonds is 6. The average molecular weight is 384 g/mol. The van der Waals surface area contributed by atoms with Crippen molar-refractivity contribution < 1.29 is 4.52 Å². The molecule has 152 valence electrons. The van der Waals surface area contributed by atoms with E-state index in [0.29, 0.717) is 11.7 Å². The van der Waals surface area contributed by atoms with Crippen LogP contribution in [0.5, 0.6) is 0 Å². The number of aryl methyl sites for hydroxylation is 1. The maximum atomic E-state index is 5.22. The van der Waals surface area contributed by atoms with E-state index >= 15 is 0 Å². The Kier molecular flexibility index (Phi) is 6.27. The minimum atomic E-state index is 0.683. The summed E-state index contributed by atoms with van der Waals surface area (Å²) in [6.07, 6.45) is 4.89. The van der Waals surface area contributed by atoms with Gasteiger partial charge in [0.25, 0.3) is 0 Å². The first kappa shape index (κ1) is 19.4. The van der Waals surface area contributed by atoms with Crippen LogP contribution in [0.4, 0.5) is 5.69 Å². The lowest BCUT2D eigenvalue weighted by atomic mass is 9.93. The molecule has 6 heteroatoms. The Bertz CT molecular complexity index is 728. The summed E-state index contributed by atoms with van der Waals surface area (Å²) >= 11 is 0. The SMILES string of the molecule is CCc1nc(-c2ccc(N3CCN(CCC4CCN(C)CC4)CC3)cc2)no1. The van der Waals surface area contributed by atoms with Gasteiger partial charge in [-0.2, -0.15) is 4.98 Å². The van der Waals surface area contributed by atoms with Gasteiger partial charge in [-0.25, -0.2) is 0 Å². The first-order valence-electron chi connectivity index (χ1n) is 10.8. The van der Waals surface area contributed by atoms with E-state index < -0.39 is 0 Å². The molecule has 2 aliphatic rings. The second-order valence-corrected chi connectivity index (χ2v) is 8.28. The van der Waals surface area contributed by atoms with Crippen molar-refractivity contribution in [1.82, 2.24) is 19.9 Å². The molecule has 0 atom stereocenters. The number of benzene rings is 1. The van der Waals surface area contributed by atoms with E-state index in [-0.39, 0.29) is 0 Å². The molecule has 2 aliphatic heterocycles. The van der Waals surface area contributed by atoms with E-state index in [1.807, 2.05) is 6.92 Å². The number of nitrogens with zero attached hydrogens (tertiary/aromatic N) is 5. The topological polar surface area (TPSA) is 48.6 Å².